The van der Waals surface area contributed by atoms with Crippen LogP contribution in [0.25, 0.3) is 0 Å². The van der Waals surface area contributed by atoms with Crippen LogP contribution in [0.1, 0.15) is 37.8 Å². The van der Waals surface area contributed by atoms with E-state index in [4.69, 9.17) is 0 Å². The van der Waals surface area contributed by atoms with Gasteiger partial charge in [-0.05, 0) is 69.4 Å². The highest BCUT2D eigenvalue weighted by Crippen LogP contribution is 2.08. The van der Waals surface area contributed by atoms with Crippen molar-refractivity contribution >= 4 is 0 Å². The second kappa shape index (κ2) is 9.99. The van der Waals surface area contributed by atoms with Gasteiger partial charge < -0.3 is 10.6 Å². The molecule has 0 aromatic heterocycles. The molecule has 19 heavy (non-hydrogen) atoms. The Labute approximate surface area is 119 Å². The van der Waals surface area contributed by atoms with Gasteiger partial charge in [0.05, 0.1) is 0 Å². The molecule has 0 spiro atoms. The van der Waals surface area contributed by atoms with Crippen molar-refractivity contribution in [2.24, 2.45) is 5.92 Å². The summed E-state index contributed by atoms with van der Waals surface area (Å²) in [5, 5.41) is 6.99. The largest absolute Gasteiger partial charge is 0.317 e. The molecule has 2 nitrogen and oxygen atoms in total. The second-order valence-electron chi connectivity index (χ2n) is 5.73. The minimum Gasteiger partial charge on any atom is -0.317 e. The molecule has 0 amide bonds. The third-order valence-electron chi connectivity index (χ3n) is 3.32. The predicted octanol–water partition coefficient (Wildman–Crippen LogP) is 3.15. The van der Waals surface area contributed by atoms with E-state index >= 15 is 0 Å². The smallest absolute Gasteiger partial charge is 0.00258 e. The maximum absolute atomic E-state index is 3.52. The first-order valence-corrected chi connectivity index (χ1v) is 7.66. The molecule has 0 bridgehead atoms. The molecule has 1 aromatic carbocycles. The molecule has 0 radical (unpaired) electrons. The van der Waals surface area contributed by atoms with E-state index in [1.165, 1.54) is 30.4 Å². The lowest BCUT2D eigenvalue weighted by molar-refractivity contribution is 0.528. The minimum absolute atomic E-state index is 0.752. The summed E-state index contributed by atoms with van der Waals surface area (Å²) >= 11 is 0. The summed E-state index contributed by atoms with van der Waals surface area (Å²) in [6, 6.07) is 8.69. The summed E-state index contributed by atoms with van der Waals surface area (Å²) in [6.07, 6.45) is 3.63. The zero-order valence-corrected chi connectivity index (χ0v) is 12.8. The summed E-state index contributed by atoms with van der Waals surface area (Å²) < 4.78 is 0. The van der Waals surface area contributed by atoms with Crippen LogP contribution in [0.5, 0.6) is 0 Å². The summed E-state index contributed by atoms with van der Waals surface area (Å²) in [4.78, 5) is 0. The molecule has 0 fully saturated rings. The van der Waals surface area contributed by atoms with Gasteiger partial charge in [0.2, 0.25) is 0 Å². The zero-order valence-electron chi connectivity index (χ0n) is 12.8. The van der Waals surface area contributed by atoms with Gasteiger partial charge >= 0.3 is 0 Å². The van der Waals surface area contributed by atoms with E-state index in [-0.39, 0.29) is 0 Å². The molecule has 0 aliphatic carbocycles. The van der Waals surface area contributed by atoms with Crippen LogP contribution in [-0.4, -0.2) is 26.2 Å². The van der Waals surface area contributed by atoms with E-state index in [0.29, 0.717) is 0 Å². The number of hydrogen-bond donors (Lipinski definition) is 2. The number of nitrogens with one attached hydrogen (secondary N) is 2. The number of benzene rings is 1. The van der Waals surface area contributed by atoms with Crippen LogP contribution in [0.4, 0.5) is 0 Å². The Bertz CT molecular complexity index is 334. The van der Waals surface area contributed by atoms with Gasteiger partial charge in [0.15, 0.2) is 0 Å². The van der Waals surface area contributed by atoms with Gasteiger partial charge in [-0.25, -0.2) is 0 Å². The Balaban J connectivity index is 1.93. The molecule has 0 heterocycles. The zero-order chi connectivity index (χ0) is 13.9. The Kier molecular flexibility index (Phi) is 8.52. The SMILES string of the molecule is Cc1ccccc1CCCNCCCNCC(C)C. The van der Waals surface area contributed by atoms with E-state index < -0.39 is 0 Å². The summed E-state index contributed by atoms with van der Waals surface area (Å²) in [5.41, 5.74) is 2.91. The lowest BCUT2D eigenvalue weighted by Gasteiger charge is -2.08. The van der Waals surface area contributed by atoms with Crippen molar-refractivity contribution in [3.63, 3.8) is 0 Å². The first-order chi connectivity index (χ1) is 9.20. The van der Waals surface area contributed by atoms with Crippen LogP contribution in [0, 0.1) is 12.8 Å². The molecule has 108 valence electrons. The fourth-order valence-electron chi connectivity index (χ4n) is 2.15. The molecule has 1 rings (SSSR count). The summed E-state index contributed by atoms with van der Waals surface area (Å²) in [6.45, 7) is 11.2. The Morgan fingerprint density at radius 1 is 0.947 bits per heavy atom. The maximum atomic E-state index is 3.52. The van der Waals surface area contributed by atoms with E-state index in [0.717, 1.165) is 32.1 Å². The van der Waals surface area contributed by atoms with Crippen LogP contribution < -0.4 is 10.6 Å². The first-order valence-electron chi connectivity index (χ1n) is 7.66. The van der Waals surface area contributed by atoms with E-state index in [1.54, 1.807) is 0 Å². The summed E-state index contributed by atoms with van der Waals surface area (Å²) in [7, 11) is 0. The van der Waals surface area contributed by atoms with Crippen molar-refractivity contribution in [3.05, 3.63) is 35.4 Å². The predicted molar refractivity (Wildman–Crippen MR) is 84.7 cm³/mol. The topological polar surface area (TPSA) is 24.1 Å². The lowest BCUT2D eigenvalue weighted by atomic mass is 10.0. The van der Waals surface area contributed by atoms with Crippen LogP contribution in [0.3, 0.4) is 0 Å². The molecule has 0 aliphatic rings. The lowest BCUT2D eigenvalue weighted by Crippen LogP contribution is -2.25. The molecule has 0 atom stereocenters. The first kappa shape index (κ1) is 16.2. The number of rotatable bonds is 10. The van der Waals surface area contributed by atoms with Gasteiger partial charge in [0, 0.05) is 0 Å². The van der Waals surface area contributed by atoms with E-state index in [9.17, 15) is 0 Å². The quantitative estimate of drug-likeness (QED) is 0.633. The highest BCUT2D eigenvalue weighted by atomic mass is 14.9. The third-order valence-corrected chi connectivity index (χ3v) is 3.32. The van der Waals surface area contributed by atoms with Crippen molar-refractivity contribution in [1.82, 2.24) is 10.6 Å². The highest BCUT2D eigenvalue weighted by Gasteiger charge is 1.97. The fourth-order valence-corrected chi connectivity index (χ4v) is 2.15. The Morgan fingerprint density at radius 3 is 2.37 bits per heavy atom. The molecular formula is C17H30N2. The van der Waals surface area contributed by atoms with Crippen molar-refractivity contribution < 1.29 is 0 Å². The van der Waals surface area contributed by atoms with Crippen LogP contribution in [-0.2, 0) is 6.42 Å². The second-order valence-corrected chi connectivity index (χ2v) is 5.73. The van der Waals surface area contributed by atoms with Crippen LogP contribution >= 0.6 is 0 Å². The molecule has 0 unspecified atom stereocenters. The number of hydrogen-bond acceptors (Lipinski definition) is 2. The third kappa shape index (κ3) is 8.02. The van der Waals surface area contributed by atoms with Gasteiger partial charge in [-0.15, -0.1) is 0 Å². The van der Waals surface area contributed by atoms with Crippen molar-refractivity contribution in [2.45, 2.75) is 40.0 Å². The van der Waals surface area contributed by atoms with E-state index in [1.807, 2.05) is 0 Å². The average molecular weight is 262 g/mol. The van der Waals surface area contributed by atoms with Gasteiger partial charge in [-0.2, -0.15) is 0 Å². The molecular weight excluding hydrogens is 232 g/mol. The molecule has 1 aromatic rings. The van der Waals surface area contributed by atoms with Crippen molar-refractivity contribution in [1.29, 1.82) is 0 Å². The van der Waals surface area contributed by atoms with Gasteiger partial charge in [-0.3, -0.25) is 0 Å². The van der Waals surface area contributed by atoms with Crippen LogP contribution in [0.15, 0.2) is 24.3 Å². The Morgan fingerprint density at radius 2 is 1.63 bits per heavy atom. The highest BCUT2D eigenvalue weighted by molar-refractivity contribution is 5.25. The van der Waals surface area contributed by atoms with E-state index in [2.05, 4.69) is 55.7 Å². The van der Waals surface area contributed by atoms with Crippen LogP contribution in [0.2, 0.25) is 0 Å². The fraction of sp³-hybridized carbons (Fsp3) is 0.647. The molecule has 0 saturated heterocycles. The molecule has 2 heteroatoms. The Hall–Kier alpha value is -0.860. The van der Waals surface area contributed by atoms with Crippen molar-refractivity contribution in [2.75, 3.05) is 26.2 Å². The molecule has 0 aliphatic heterocycles. The van der Waals surface area contributed by atoms with Gasteiger partial charge in [-0.1, -0.05) is 38.1 Å². The molecule has 2 N–H and O–H groups in total. The summed E-state index contributed by atoms with van der Waals surface area (Å²) in [5.74, 6) is 0.752. The maximum Gasteiger partial charge on any atom is -0.00258 e. The standard InChI is InChI=1S/C17H30N2/c1-15(2)14-19-13-7-12-18-11-6-10-17-9-5-4-8-16(17)3/h4-5,8-9,15,18-19H,6-7,10-14H2,1-3H3. The van der Waals surface area contributed by atoms with Crippen molar-refractivity contribution in [3.8, 4) is 0 Å². The molecule has 0 saturated carbocycles. The number of aryl methyl sites for hydroxylation is 2. The monoisotopic (exact) mass is 262 g/mol. The van der Waals surface area contributed by atoms with Gasteiger partial charge in [0.1, 0.15) is 0 Å². The normalized spacial score (nSPS) is 11.2. The minimum atomic E-state index is 0.752. The van der Waals surface area contributed by atoms with Gasteiger partial charge in [0.25, 0.3) is 0 Å². The average Bonchev–Trinajstić information content (AvgIpc) is 2.38.